The van der Waals surface area contributed by atoms with Gasteiger partial charge in [-0.15, -0.1) is 0 Å². The van der Waals surface area contributed by atoms with Crippen molar-refractivity contribution < 1.29 is 19.4 Å². The van der Waals surface area contributed by atoms with E-state index in [2.05, 4.69) is 0 Å². The highest BCUT2D eigenvalue weighted by Gasteiger charge is 2.30. The fourth-order valence-corrected chi connectivity index (χ4v) is 3.46. The number of benzene rings is 2. The quantitative estimate of drug-likeness (QED) is 0.482. The molecule has 5 nitrogen and oxygen atoms in total. The van der Waals surface area contributed by atoms with Crippen LogP contribution in [0.1, 0.15) is 38.8 Å². The molecule has 5 heteroatoms. The van der Waals surface area contributed by atoms with Crippen molar-refractivity contribution in [3.8, 4) is 17.2 Å². The van der Waals surface area contributed by atoms with Crippen LogP contribution in [0, 0.1) is 0 Å². The smallest absolute Gasteiger partial charge is 0.204 e. The molecular formula is C23H22O5. The van der Waals surface area contributed by atoms with Crippen LogP contribution in [0.25, 0.3) is 28.0 Å². The van der Waals surface area contributed by atoms with Crippen LogP contribution in [0.4, 0.5) is 0 Å². The van der Waals surface area contributed by atoms with Gasteiger partial charge in [-0.05, 0) is 64.5 Å². The van der Waals surface area contributed by atoms with E-state index in [9.17, 15) is 15.0 Å². The van der Waals surface area contributed by atoms with Gasteiger partial charge < -0.3 is 19.4 Å². The number of fused-ring (bicyclic) bond motifs is 3. The minimum absolute atomic E-state index is 0.0358. The van der Waals surface area contributed by atoms with Crippen LogP contribution >= 0.6 is 0 Å². The molecule has 3 aromatic rings. The van der Waals surface area contributed by atoms with E-state index in [4.69, 9.17) is 9.15 Å². The number of allylic oxidation sites excluding steroid dienone is 2. The minimum Gasteiger partial charge on any atom is -0.508 e. The normalized spacial score (nSPS) is 14.7. The van der Waals surface area contributed by atoms with Gasteiger partial charge in [0.2, 0.25) is 5.43 Å². The van der Waals surface area contributed by atoms with E-state index >= 15 is 0 Å². The Hall–Kier alpha value is -3.21. The molecule has 0 amide bonds. The summed E-state index contributed by atoms with van der Waals surface area (Å²) in [4.78, 5) is 13.2. The molecule has 0 spiro atoms. The van der Waals surface area contributed by atoms with Gasteiger partial charge in [0.15, 0.2) is 0 Å². The van der Waals surface area contributed by atoms with Crippen molar-refractivity contribution in [2.45, 2.75) is 39.7 Å². The van der Waals surface area contributed by atoms with Gasteiger partial charge >= 0.3 is 0 Å². The number of rotatable bonds is 2. The van der Waals surface area contributed by atoms with E-state index in [1.165, 1.54) is 12.1 Å². The zero-order valence-electron chi connectivity index (χ0n) is 16.3. The predicted octanol–water partition coefficient (Wildman–Crippen LogP) is 5.05. The SMILES string of the molecule is CC(C)=CCc1c2c(c(O)c3c(=O)c4cc(O)ccc4oc13)C=CC(C)(C)O2. The lowest BCUT2D eigenvalue weighted by Crippen LogP contribution is -2.28. The molecule has 28 heavy (non-hydrogen) atoms. The maximum absolute atomic E-state index is 13.2. The van der Waals surface area contributed by atoms with Gasteiger partial charge in [-0.25, -0.2) is 0 Å². The molecular weight excluding hydrogens is 356 g/mol. The van der Waals surface area contributed by atoms with Crippen LogP contribution < -0.4 is 10.2 Å². The van der Waals surface area contributed by atoms with E-state index < -0.39 is 5.60 Å². The predicted molar refractivity (Wildman–Crippen MR) is 110 cm³/mol. The Morgan fingerprint density at radius 1 is 1.21 bits per heavy atom. The number of hydrogen-bond donors (Lipinski definition) is 2. The molecule has 0 saturated heterocycles. The Labute approximate surface area is 162 Å². The van der Waals surface area contributed by atoms with Gasteiger partial charge in [-0.1, -0.05) is 11.6 Å². The molecule has 0 aliphatic carbocycles. The molecule has 0 saturated carbocycles. The zero-order chi connectivity index (χ0) is 20.2. The van der Waals surface area contributed by atoms with E-state index in [-0.39, 0.29) is 27.7 Å². The van der Waals surface area contributed by atoms with E-state index in [0.29, 0.717) is 34.5 Å². The molecule has 0 radical (unpaired) electrons. The third-order valence-corrected chi connectivity index (χ3v) is 4.89. The summed E-state index contributed by atoms with van der Waals surface area (Å²) >= 11 is 0. The molecule has 2 aromatic carbocycles. The second kappa shape index (κ2) is 6.16. The number of aromatic hydroxyl groups is 2. The first-order valence-electron chi connectivity index (χ1n) is 9.17. The topological polar surface area (TPSA) is 79.9 Å². The van der Waals surface area contributed by atoms with E-state index in [1.54, 1.807) is 12.1 Å². The van der Waals surface area contributed by atoms with Crippen molar-refractivity contribution in [2.75, 3.05) is 0 Å². The molecule has 1 aromatic heterocycles. The summed E-state index contributed by atoms with van der Waals surface area (Å²) in [7, 11) is 0. The first-order valence-corrected chi connectivity index (χ1v) is 9.17. The Balaban J connectivity index is 2.18. The van der Waals surface area contributed by atoms with Crippen LogP contribution in [0.15, 0.2) is 45.1 Å². The summed E-state index contributed by atoms with van der Waals surface area (Å²) in [5.74, 6) is 0.319. The third kappa shape index (κ3) is 2.83. The largest absolute Gasteiger partial charge is 0.508 e. The Morgan fingerprint density at radius 3 is 2.68 bits per heavy atom. The van der Waals surface area contributed by atoms with Crippen LogP contribution in [-0.4, -0.2) is 15.8 Å². The number of ether oxygens (including phenoxy) is 1. The summed E-state index contributed by atoms with van der Waals surface area (Å²) < 4.78 is 12.2. The van der Waals surface area contributed by atoms with Crippen molar-refractivity contribution in [3.05, 3.63) is 57.3 Å². The lowest BCUT2D eigenvalue weighted by Gasteiger charge is -2.30. The molecule has 1 aliphatic heterocycles. The Kier molecular flexibility index (Phi) is 4.00. The molecule has 4 rings (SSSR count). The molecule has 1 aliphatic rings. The molecule has 0 unspecified atom stereocenters. The first-order chi connectivity index (χ1) is 13.2. The molecule has 0 atom stereocenters. The molecule has 2 heterocycles. The summed E-state index contributed by atoms with van der Waals surface area (Å²) in [5.41, 5.74) is 2.03. The first kappa shape index (κ1) is 18.2. The highest BCUT2D eigenvalue weighted by Crippen LogP contribution is 2.45. The fraction of sp³-hybridized carbons (Fsp3) is 0.261. The second-order valence-electron chi connectivity index (χ2n) is 7.91. The number of phenolic OH excluding ortho intramolecular Hbond substituents is 2. The summed E-state index contributed by atoms with van der Waals surface area (Å²) in [6.45, 7) is 7.84. The lowest BCUT2D eigenvalue weighted by molar-refractivity contribution is 0.157. The zero-order valence-corrected chi connectivity index (χ0v) is 16.3. The average Bonchev–Trinajstić information content (AvgIpc) is 2.61. The molecule has 144 valence electrons. The van der Waals surface area contributed by atoms with Crippen molar-refractivity contribution >= 4 is 28.0 Å². The van der Waals surface area contributed by atoms with E-state index in [0.717, 1.165) is 5.57 Å². The van der Waals surface area contributed by atoms with Gasteiger partial charge in [0.05, 0.1) is 10.9 Å². The van der Waals surface area contributed by atoms with Crippen LogP contribution in [0.2, 0.25) is 0 Å². The van der Waals surface area contributed by atoms with Crippen LogP contribution in [0.5, 0.6) is 17.2 Å². The number of hydrogen-bond acceptors (Lipinski definition) is 5. The van der Waals surface area contributed by atoms with E-state index in [1.807, 2.05) is 39.8 Å². The number of phenols is 2. The lowest BCUT2D eigenvalue weighted by atomic mass is 9.94. The average molecular weight is 378 g/mol. The second-order valence-corrected chi connectivity index (χ2v) is 7.91. The van der Waals surface area contributed by atoms with Gasteiger partial charge in [0, 0.05) is 5.56 Å². The van der Waals surface area contributed by atoms with Crippen LogP contribution in [0.3, 0.4) is 0 Å². The van der Waals surface area contributed by atoms with Crippen LogP contribution in [-0.2, 0) is 6.42 Å². The summed E-state index contributed by atoms with van der Waals surface area (Å²) in [6, 6.07) is 4.37. The highest BCUT2D eigenvalue weighted by molar-refractivity contribution is 5.99. The van der Waals surface area contributed by atoms with Crippen molar-refractivity contribution in [1.82, 2.24) is 0 Å². The highest BCUT2D eigenvalue weighted by atomic mass is 16.5. The van der Waals surface area contributed by atoms with Gasteiger partial charge in [-0.3, -0.25) is 4.79 Å². The van der Waals surface area contributed by atoms with Crippen molar-refractivity contribution in [2.24, 2.45) is 0 Å². The van der Waals surface area contributed by atoms with Gasteiger partial charge in [-0.2, -0.15) is 0 Å². The molecule has 2 N–H and O–H groups in total. The maximum Gasteiger partial charge on any atom is 0.204 e. The van der Waals surface area contributed by atoms with Gasteiger partial charge in [0.25, 0.3) is 0 Å². The Morgan fingerprint density at radius 2 is 1.96 bits per heavy atom. The van der Waals surface area contributed by atoms with Crippen molar-refractivity contribution in [1.29, 1.82) is 0 Å². The maximum atomic E-state index is 13.2. The minimum atomic E-state index is -0.546. The third-order valence-electron chi connectivity index (χ3n) is 4.89. The Bertz CT molecular complexity index is 1240. The van der Waals surface area contributed by atoms with Gasteiger partial charge in [0.1, 0.15) is 39.4 Å². The standard InChI is InChI=1S/C23H22O5/c1-12(2)5-7-15-21-14(9-10-23(3,4)28-21)19(25)18-20(26)16-11-13(24)6-8-17(16)27-22(15)18/h5-6,8-11,24-25H,7H2,1-4H3. The summed E-state index contributed by atoms with van der Waals surface area (Å²) in [5, 5.41) is 21.0. The monoisotopic (exact) mass is 378 g/mol. The summed E-state index contributed by atoms with van der Waals surface area (Å²) in [6.07, 6.45) is 6.16. The van der Waals surface area contributed by atoms with Crippen molar-refractivity contribution in [3.63, 3.8) is 0 Å². The molecule has 0 fully saturated rings. The molecule has 0 bridgehead atoms. The fourth-order valence-electron chi connectivity index (χ4n) is 3.46.